The van der Waals surface area contributed by atoms with Crippen LogP contribution in [0.5, 0.6) is 0 Å². The molecule has 1 N–H and O–H groups in total. The zero-order valence-corrected chi connectivity index (χ0v) is 16.2. The third-order valence-electron chi connectivity index (χ3n) is 4.31. The van der Waals surface area contributed by atoms with Crippen LogP contribution < -0.4 is 5.32 Å². The van der Waals surface area contributed by atoms with Gasteiger partial charge in [0.25, 0.3) is 5.91 Å². The fourth-order valence-electron chi connectivity index (χ4n) is 2.90. The van der Waals surface area contributed by atoms with E-state index in [1.165, 1.54) is 0 Å². The maximum atomic E-state index is 12.8. The van der Waals surface area contributed by atoms with Crippen molar-refractivity contribution in [1.82, 2.24) is 4.90 Å². The monoisotopic (exact) mass is 400 g/mol. The Labute approximate surface area is 168 Å². The summed E-state index contributed by atoms with van der Waals surface area (Å²) in [5, 5.41) is 3.81. The summed E-state index contributed by atoms with van der Waals surface area (Å²) < 4.78 is 10.5. The van der Waals surface area contributed by atoms with Gasteiger partial charge in [-0.2, -0.15) is 0 Å². The van der Waals surface area contributed by atoms with Crippen molar-refractivity contribution in [3.8, 4) is 0 Å². The molecule has 2 aromatic carbocycles. The molecule has 1 saturated heterocycles. The van der Waals surface area contributed by atoms with Gasteiger partial charge in [0.2, 0.25) is 0 Å². The van der Waals surface area contributed by atoms with Gasteiger partial charge in [0.15, 0.2) is 0 Å². The molecule has 0 bridgehead atoms. The average molecular weight is 401 g/mol. The van der Waals surface area contributed by atoms with Crippen molar-refractivity contribution in [3.63, 3.8) is 0 Å². The van der Waals surface area contributed by atoms with E-state index in [0.29, 0.717) is 22.7 Å². The first-order chi connectivity index (χ1) is 13.6. The van der Waals surface area contributed by atoms with E-state index in [0.717, 1.165) is 16.2 Å². The molecule has 0 unspecified atom stereocenters. The molecule has 1 aliphatic heterocycles. The molecule has 1 aliphatic rings. The molecule has 6 nitrogen and oxygen atoms in total. The van der Waals surface area contributed by atoms with Crippen LogP contribution in [-0.4, -0.2) is 37.2 Å². The first-order valence-corrected chi connectivity index (χ1v) is 9.22. The minimum atomic E-state index is -0.646. The summed E-state index contributed by atoms with van der Waals surface area (Å²) in [6, 6.07) is 16.5. The number of hydrogen-bond donors (Lipinski definition) is 1. The van der Waals surface area contributed by atoms with Crippen molar-refractivity contribution in [2.45, 2.75) is 13.0 Å². The van der Waals surface area contributed by atoms with E-state index < -0.39 is 6.09 Å². The summed E-state index contributed by atoms with van der Waals surface area (Å²) in [6.45, 7) is 0.615. The molecule has 0 saturated carbocycles. The summed E-state index contributed by atoms with van der Waals surface area (Å²) in [4.78, 5) is 26.2. The lowest BCUT2D eigenvalue weighted by molar-refractivity contribution is -0.123. The zero-order chi connectivity index (χ0) is 19.9. The minimum absolute atomic E-state index is 0.121. The number of nitrogens with one attached hydrogen (secondary N) is 1. The zero-order valence-electron chi connectivity index (χ0n) is 15.5. The van der Waals surface area contributed by atoms with Gasteiger partial charge in [0.05, 0.1) is 12.3 Å². The third-order valence-corrected chi connectivity index (χ3v) is 4.56. The number of carbonyl (C=O) groups is 2. The molecule has 0 radical (unpaired) electrons. The maximum absolute atomic E-state index is 12.8. The molecular weight excluding hydrogens is 380 g/mol. The Hall–Kier alpha value is -2.83. The summed E-state index contributed by atoms with van der Waals surface area (Å²) in [6.07, 6.45) is -0.217. The largest absolute Gasteiger partial charge is 0.444 e. The Balaban J connectivity index is 1.69. The van der Waals surface area contributed by atoms with Gasteiger partial charge in [-0.1, -0.05) is 41.9 Å². The fraction of sp³-hybridized carbons (Fsp3) is 0.238. The molecule has 7 heteroatoms. The van der Waals surface area contributed by atoms with Crippen LogP contribution in [0.3, 0.4) is 0 Å². The second kappa shape index (κ2) is 9.39. The van der Waals surface area contributed by atoms with Crippen molar-refractivity contribution in [3.05, 3.63) is 76.5 Å². The van der Waals surface area contributed by atoms with Crippen LogP contribution in [-0.2, 0) is 20.9 Å². The number of rotatable bonds is 6. The average Bonchev–Trinajstić information content (AvgIpc) is 3.09. The number of imide groups is 1. The number of hydrogen-bond acceptors (Lipinski definition) is 5. The second-order valence-corrected chi connectivity index (χ2v) is 6.71. The van der Waals surface area contributed by atoms with Gasteiger partial charge in [-0.25, -0.2) is 9.69 Å². The Morgan fingerprint density at radius 2 is 1.86 bits per heavy atom. The molecule has 0 spiro atoms. The van der Waals surface area contributed by atoms with E-state index in [-0.39, 0.29) is 25.7 Å². The van der Waals surface area contributed by atoms with E-state index in [1.54, 1.807) is 19.2 Å². The molecule has 0 aromatic heterocycles. The molecule has 0 aliphatic carbocycles. The molecule has 28 heavy (non-hydrogen) atoms. The quantitative estimate of drug-likeness (QED) is 0.735. The van der Waals surface area contributed by atoms with Crippen LogP contribution >= 0.6 is 11.6 Å². The van der Waals surface area contributed by atoms with E-state index in [9.17, 15) is 9.59 Å². The lowest BCUT2D eigenvalue weighted by Crippen LogP contribution is -2.33. The highest BCUT2D eigenvalue weighted by Gasteiger charge is 2.34. The highest BCUT2D eigenvalue weighted by Crippen LogP contribution is 2.24. The molecular formula is C21H21ClN2O4. The number of halogens is 1. The Morgan fingerprint density at radius 1 is 1.14 bits per heavy atom. The van der Waals surface area contributed by atoms with Crippen LogP contribution in [0.2, 0.25) is 5.02 Å². The van der Waals surface area contributed by atoms with Gasteiger partial charge in [-0.3, -0.25) is 4.79 Å². The first-order valence-electron chi connectivity index (χ1n) is 8.84. The molecule has 1 fully saturated rings. The summed E-state index contributed by atoms with van der Waals surface area (Å²) in [7, 11) is 1.55. The number of benzene rings is 2. The topological polar surface area (TPSA) is 67.9 Å². The van der Waals surface area contributed by atoms with Crippen LogP contribution in [0.1, 0.15) is 12.0 Å². The second-order valence-electron chi connectivity index (χ2n) is 6.27. The van der Waals surface area contributed by atoms with Crippen LogP contribution in [0.25, 0.3) is 0 Å². The van der Waals surface area contributed by atoms with E-state index in [4.69, 9.17) is 21.1 Å². The number of ether oxygens (including phenoxy) is 2. The molecule has 3 rings (SSSR count). The number of nitrogens with zero attached hydrogens (tertiary/aromatic N) is 1. The third kappa shape index (κ3) is 4.91. The lowest BCUT2D eigenvalue weighted by Gasteiger charge is -2.15. The number of amides is 2. The van der Waals surface area contributed by atoms with Gasteiger partial charge < -0.3 is 14.8 Å². The van der Waals surface area contributed by atoms with E-state index >= 15 is 0 Å². The highest BCUT2D eigenvalue weighted by atomic mass is 35.5. The summed E-state index contributed by atoms with van der Waals surface area (Å²) in [5.74, 6) is -0.369. The van der Waals surface area contributed by atoms with Crippen molar-refractivity contribution in [2.75, 3.05) is 25.6 Å². The van der Waals surface area contributed by atoms with Gasteiger partial charge in [-0.05, 0) is 36.2 Å². The number of methoxy groups -OCH3 is 1. The van der Waals surface area contributed by atoms with E-state index in [2.05, 4.69) is 5.32 Å². The summed E-state index contributed by atoms with van der Waals surface area (Å²) in [5.41, 5.74) is 2.77. The van der Waals surface area contributed by atoms with Crippen LogP contribution in [0.15, 0.2) is 65.9 Å². The lowest BCUT2D eigenvalue weighted by atomic mass is 10.1. The number of likely N-dealkylation sites (tertiary alicyclic amines) is 1. The SMILES string of the molecule is COCC(Nc1ccc(Cl)cc1)=C1CCN(C(=O)OCc2ccccc2)C1=O. The van der Waals surface area contributed by atoms with E-state index in [1.807, 2.05) is 42.5 Å². The molecule has 1 heterocycles. The molecule has 2 amide bonds. The normalized spacial score (nSPS) is 15.5. The standard InChI is InChI=1S/C21H21ClN2O4/c1-27-14-19(23-17-9-7-16(22)8-10-17)18-11-12-24(20(18)25)21(26)28-13-15-5-3-2-4-6-15/h2-10,23H,11-14H2,1H3. The van der Waals surface area contributed by atoms with Crippen molar-refractivity contribution in [2.24, 2.45) is 0 Å². The Morgan fingerprint density at radius 3 is 2.54 bits per heavy atom. The van der Waals surface area contributed by atoms with Crippen LogP contribution in [0.4, 0.5) is 10.5 Å². The number of anilines is 1. The Bertz CT molecular complexity index is 866. The molecule has 146 valence electrons. The fourth-order valence-corrected chi connectivity index (χ4v) is 3.02. The van der Waals surface area contributed by atoms with Crippen molar-refractivity contribution < 1.29 is 19.1 Å². The van der Waals surface area contributed by atoms with Gasteiger partial charge in [0, 0.05) is 29.9 Å². The number of carbonyl (C=O) groups excluding carboxylic acids is 2. The predicted octanol–water partition coefficient (Wildman–Crippen LogP) is 4.22. The van der Waals surface area contributed by atoms with Gasteiger partial charge in [-0.15, -0.1) is 0 Å². The smallest absolute Gasteiger partial charge is 0.417 e. The first kappa shape index (κ1) is 19.9. The predicted molar refractivity (Wildman–Crippen MR) is 107 cm³/mol. The molecule has 2 aromatic rings. The van der Waals surface area contributed by atoms with Gasteiger partial charge >= 0.3 is 6.09 Å². The van der Waals surface area contributed by atoms with Crippen molar-refractivity contribution in [1.29, 1.82) is 0 Å². The summed E-state index contributed by atoms with van der Waals surface area (Å²) >= 11 is 5.91. The van der Waals surface area contributed by atoms with Crippen LogP contribution in [0, 0.1) is 0 Å². The van der Waals surface area contributed by atoms with Crippen molar-refractivity contribution >= 4 is 29.3 Å². The maximum Gasteiger partial charge on any atom is 0.417 e. The Kier molecular flexibility index (Phi) is 6.68. The van der Waals surface area contributed by atoms with Gasteiger partial charge in [0.1, 0.15) is 6.61 Å². The highest BCUT2D eigenvalue weighted by molar-refractivity contribution is 6.30. The molecule has 0 atom stereocenters. The minimum Gasteiger partial charge on any atom is -0.444 e.